The van der Waals surface area contributed by atoms with E-state index >= 15 is 0 Å². The van der Waals surface area contributed by atoms with Crippen molar-refractivity contribution in [1.29, 1.82) is 0 Å². The maximum absolute atomic E-state index is 11.2. The van der Waals surface area contributed by atoms with Crippen LogP contribution >= 0.6 is 34.5 Å². The molecule has 2 atom stereocenters. The molecule has 0 saturated carbocycles. The Hall–Kier alpha value is -0.290. The summed E-state index contributed by atoms with van der Waals surface area (Å²) in [5, 5.41) is 8.23. The molecule has 1 aliphatic rings. The summed E-state index contributed by atoms with van der Waals surface area (Å²) in [4.78, 5) is 11.2. The summed E-state index contributed by atoms with van der Waals surface area (Å²) in [6, 6.07) is -0.185. The molecule has 0 aliphatic carbocycles. The lowest BCUT2D eigenvalue weighted by Gasteiger charge is -2.09. The van der Waals surface area contributed by atoms with Gasteiger partial charge in [0.25, 0.3) is 0 Å². The van der Waals surface area contributed by atoms with E-state index in [-0.39, 0.29) is 18.1 Å². The highest BCUT2D eigenvalue weighted by Gasteiger charge is 2.30. The average molecular weight is 251 g/mol. The van der Waals surface area contributed by atoms with Gasteiger partial charge in [-0.25, -0.2) is 0 Å². The molecule has 76 valence electrons. The van der Waals surface area contributed by atoms with Gasteiger partial charge in [-0.15, -0.1) is 11.3 Å². The molecule has 3 nitrogen and oxygen atoms in total. The second-order valence-corrected chi connectivity index (χ2v) is 4.97. The number of carbonyl (C=O) groups excluding carboxylic acids is 1. The normalized spacial score (nSPS) is 26.6. The molecule has 2 rings (SSSR count). The molecule has 1 aromatic rings. The summed E-state index contributed by atoms with van der Waals surface area (Å²) in [6.45, 7) is 1.80. The molecule has 1 aliphatic heterocycles. The van der Waals surface area contributed by atoms with Gasteiger partial charge >= 0.3 is 0 Å². The quantitative estimate of drug-likeness (QED) is 0.803. The Kier molecular flexibility index (Phi) is 2.70. The van der Waals surface area contributed by atoms with Crippen LogP contribution in [0.3, 0.4) is 0 Å². The Balaban J connectivity index is 2.25. The summed E-state index contributed by atoms with van der Waals surface area (Å²) in [5.41, 5.74) is 0.833. The van der Waals surface area contributed by atoms with Crippen molar-refractivity contribution in [2.24, 2.45) is 0 Å². The Bertz CT molecular complexity index is 379. The smallest absolute Gasteiger partial charge is 0.238 e. The molecule has 2 unspecified atom stereocenters. The van der Waals surface area contributed by atoms with Crippen LogP contribution in [0.4, 0.5) is 0 Å². The van der Waals surface area contributed by atoms with E-state index in [1.165, 1.54) is 11.3 Å². The summed E-state index contributed by atoms with van der Waals surface area (Å²) in [6.07, 6.45) is -0.214. The van der Waals surface area contributed by atoms with Gasteiger partial charge in [-0.2, -0.15) is 0 Å². The van der Waals surface area contributed by atoms with Crippen molar-refractivity contribution in [1.82, 2.24) is 10.6 Å². The summed E-state index contributed by atoms with van der Waals surface area (Å²) in [7, 11) is 0. The fraction of sp³-hybridized carbons (Fsp3) is 0.375. The lowest BCUT2D eigenvalue weighted by molar-refractivity contribution is -0.120. The van der Waals surface area contributed by atoms with Gasteiger partial charge in [0.15, 0.2) is 0 Å². The Morgan fingerprint density at radius 3 is 2.64 bits per heavy atom. The highest BCUT2D eigenvalue weighted by Crippen LogP contribution is 2.36. The van der Waals surface area contributed by atoms with E-state index in [2.05, 4.69) is 10.6 Å². The topological polar surface area (TPSA) is 41.1 Å². The van der Waals surface area contributed by atoms with Gasteiger partial charge < -0.3 is 5.32 Å². The second kappa shape index (κ2) is 3.70. The van der Waals surface area contributed by atoms with Gasteiger partial charge in [-0.05, 0) is 6.92 Å². The van der Waals surface area contributed by atoms with E-state index < -0.39 is 0 Å². The van der Waals surface area contributed by atoms with E-state index in [0.717, 1.165) is 5.56 Å². The van der Waals surface area contributed by atoms with Gasteiger partial charge in [0.1, 0.15) is 10.5 Å². The van der Waals surface area contributed by atoms with Crippen LogP contribution in [-0.4, -0.2) is 11.9 Å². The first-order valence-corrected chi connectivity index (χ1v) is 5.72. The standard InChI is InChI=1S/C8H8Cl2N2OS/c1-3-8(13)12-7(11-3)4-2-14-6(10)5(4)9/h2-3,7,11H,1H3,(H,12,13). The number of halogens is 2. The molecule has 1 amide bonds. The molecule has 6 heteroatoms. The fourth-order valence-electron chi connectivity index (χ4n) is 1.33. The van der Waals surface area contributed by atoms with Crippen molar-refractivity contribution in [2.45, 2.75) is 19.1 Å². The SMILES string of the molecule is CC1NC(c2csc(Cl)c2Cl)NC1=O. The van der Waals surface area contributed by atoms with Crippen LogP contribution in [-0.2, 0) is 4.79 Å². The highest BCUT2D eigenvalue weighted by atomic mass is 35.5. The Morgan fingerprint density at radius 1 is 1.50 bits per heavy atom. The van der Waals surface area contributed by atoms with Crippen molar-refractivity contribution >= 4 is 40.4 Å². The summed E-state index contributed by atoms with van der Waals surface area (Å²) < 4.78 is 0.553. The number of nitrogens with one attached hydrogen (secondary N) is 2. The molecule has 14 heavy (non-hydrogen) atoms. The molecule has 0 bridgehead atoms. The van der Waals surface area contributed by atoms with Gasteiger partial charge in [0, 0.05) is 10.9 Å². The zero-order chi connectivity index (χ0) is 10.3. The second-order valence-electron chi connectivity index (χ2n) is 3.11. The number of rotatable bonds is 1. The number of thiophene rings is 1. The third-order valence-electron chi connectivity index (χ3n) is 2.12. The molecule has 1 saturated heterocycles. The van der Waals surface area contributed by atoms with Gasteiger partial charge in [-0.1, -0.05) is 23.2 Å². The minimum Gasteiger partial charge on any atom is -0.335 e. The van der Waals surface area contributed by atoms with Gasteiger partial charge in [0.2, 0.25) is 5.91 Å². The van der Waals surface area contributed by atoms with Crippen molar-refractivity contribution in [3.05, 3.63) is 20.3 Å². The largest absolute Gasteiger partial charge is 0.335 e. The first kappa shape index (κ1) is 10.2. The van der Waals surface area contributed by atoms with E-state index in [0.29, 0.717) is 9.36 Å². The zero-order valence-corrected chi connectivity index (χ0v) is 9.63. The summed E-state index contributed by atoms with van der Waals surface area (Å²) >= 11 is 13.2. The lowest BCUT2D eigenvalue weighted by atomic mass is 10.3. The third-order valence-corrected chi connectivity index (χ3v) is 3.98. The number of hydrogen-bond acceptors (Lipinski definition) is 3. The third kappa shape index (κ3) is 1.63. The molecule has 0 aromatic carbocycles. The van der Waals surface area contributed by atoms with Crippen molar-refractivity contribution in [3.8, 4) is 0 Å². The first-order valence-electron chi connectivity index (χ1n) is 4.08. The monoisotopic (exact) mass is 250 g/mol. The van der Waals surface area contributed by atoms with E-state index in [9.17, 15) is 4.79 Å². The van der Waals surface area contributed by atoms with Crippen molar-refractivity contribution < 1.29 is 4.79 Å². The predicted molar refractivity (Wildman–Crippen MR) is 57.8 cm³/mol. The average Bonchev–Trinajstić information content (AvgIpc) is 2.61. The maximum atomic E-state index is 11.2. The number of hydrogen-bond donors (Lipinski definition) is 2. The number of amides is 1. The van der Waals surface area contributed by atoms with Gasteiger partial charge in [-0.3, -0.25) is 10.1 Å². The van der Waals surface area contributed by atoms with E-state index in [1.807, 2.05) is 5.38 Å². The highest BCUT2D eigenvalue weighted by molar-refractivity contribution is 7.15. The molecule has 0 radical (unpaired) electrons. The van der Waals surface area contributed by atoms with Crippen LogP contribution in [0.5, 0.6) is 0 Å². The van der Waals surface area contributed by atoms with E-state index in [1.54, 1.807) is 6.92 Å². The van der Waals surface area contributed by atoms with Crippen molar-refractivity contribution in [3.63, 3.8) is 0 Å². The van der Waals surface area contributed by atoms with Crippen molar-refractivity contribution in [2.75, 3.05) is 0 Å². The van der Waals surface area contributed by atoms with Crippen LogP contribution in [0, 0.1) is 0 Å². The predicted octanol–water partition coefficient (Wildman–Crippen LogP) is 2.16. The minimum atomic E-state index is -0.214. The Labute approximate surface area is 95.4 Å². The molecule has 2 heterocycles. The molecule has 0 spiro atoms. The van der Waals surface area contributed by atoms with Gasteiger partial charge in [0.05, 0.1) is 11.1 Å². The fourth-order valence-corrected chi connectivity index (χ4v) is 2.64. The molecular formula is C8H8Cl2N2OS. The number of carbonyl (C=O) groups is 1. The molecule has 2 N–H and O–H groups in total. The lowest BCUT2D eigenvalue weighted by Crippen LogP contribution is -2.24. The molecule has 1 aromatic heterocycles. The minimum absolute atomic E-state index is 0.0200. The molecular weight excluding hydrogens is 243 g/mol. The van der Waals surface area contributed by atoms with E-state index in [4.69, 9.17) is 23.2 Å². The van der Waals surface area contributed by atoms with Crippen LogP contribution in [0.1, 0.15) is 18.7 Å². The van der Waals surface area contributed by atoms with Crippen LogP contribution in [0.15, 0.2) is 5.38 Å². The van der Waals surface area contributed by atoms with Crippen LogP contribution < -0.4 is 10.6 Å². The zero-order valence-electron chi connectivity index (χ0n) is 7.30. The Morgan fingerprint density at radius 2 is 2.21 bits per heavy atom. The molecule has 1 fully saturated rings. The maximum Gasteiger partial charge on any atom is 0.238 e. The van der Waals surface area contributed by atoms with Crippen LogP contribution in [0.2, 0.25) is 9.36 Å². The van der Waals surface area contributed by atoms with Crippen LogP contribution in [0.25, 0.3) is 0 Å². The summed E-state index contributed by atoms with van der Waals surface area (Å²) in [5.74, 6) is -0.0200. The first-order chi connectivity index (χ1) is 6.59.